The molecule has 0 unspecified atom stereocenters. The lowest BCUT2D eigenvalue weighted by Gasteiger charge is -2.18. The number of methoxy groups -OCH3 is 1. The molecule has 7 nitrogen and oxygen atoms in total. The van der Waals surface area contributed by atoms with Crippen LogP contribution in [0.4, 0.5) is 5.00 Å². The number of nitrogens with one attached hydrogen (secondary N) is 2. The number of H-pyrrole nitrogens is 1. The van der Waals surface area contributed by atoms with Crippen molar-refractivity contribution < 1.29 is 23.9 Å². The van der Waals surface area contributed by atoms with Gasteiger partial charge in [-0.2, -0.15) is 0 Å². The molecule has 0 saturated carbocycles. The average molecular weight is 376 g/mol. The van der Waals surface area contributed by atoms with E-state index in [2.05, 4.69) is 17.2 Å². The van der Waals surface area contributed by atoms with E-state index >= 15 is 0 Å². The summed E-state index contributed by atoms with van der Waals surface area (Å²) in [6.07, 6.45) is 4.25. The van der Waals surface area contributed by atoms with E-state index in [4.69, 9.17) is 9.47 Å². The van der Waals surface area contributed by atoms with Gasteiger partial charge >= 0.3 is 11.9 Å². The first-order valence-corrected chi connectivity index (χ1v) is 9.14. The molecule has 0 aromatic carbocycles. The molecule has 0 radical (unpaired) electrons. The second-order valence-corrected chi connectivity index (χ2v) is 7.36. The second kappa shape index (κ2) is 7.74. The summed E-state index contributed by atoms with van der Waals surface area (Å²) in [5.41, 5.74) is 1.65. The topological polar surface area (TPSA) is 97.5 Å². The summed E-state index contributed by atoms with van der Waals surface area (Å²) in [5, 5.41) is 3.15. The van der Waals surface area contributed by atoms with Crippen LogP contribution in [0.25, 0.3) is 0 Å². The molecule has 2 aromatic heterocycles. The minimum atomic E-state index is -0.613. The van der Waals surface area contributed by atoms with Gasteiger partial charge in [0.05, 0.1) is 12.7 Å². The van der Waals surface area contributed by atoms with Crippen molar-refractivity contribution in [3.8, 4) is 0 Å². The summed E-state index contributed by atoms with van der Waals surface area (Å²) in [5.74, 6) is -1.04. The van der Waals surface area contributed by atoms with Gasteiger partial charge in [-0.1, -0.05) is 6.92 Å². The number of carbonyl (C=O) groups excluding carboxylic acids is 3. The van der Waals surface area contributed by atoms with E-state index in [1.807, 2.05) is 0 Å². The molecule has 1 aliphatic carbocycles. The summed E-state index contributed by atoms with van der Waals surface area (Å²) in [4.78, 5) is 40.0. The Hall–Kier alpha value is -2.61. The maximum Gasteiger partial charge on any atom is 0.355 e. The van der Waals surface area contributed by atoms with Crippen LogP contribution in [0.15, 0.2) is 18.3 Å². The van der Waals surface area contributed by atoms with Crippen LogP contribution in [0.3, 0.4) is 0 Å². The van der Waals surface area contributed by atoms with Crippen LogP contribution in [0.2, 0.25) is 0 Å². The summed E-state index contributed by atoms with van der Waals surface area (Å²) < 4.78 is 9.86. The summed E-state index contributed by atoms with van der Waals surface area (Å²) >= 11 is 1.39. The van der Waals surface area contributed by atoms with Crippen molar-refractivity contribution in [2.24, 2.45) is 5.92 Å². The van der Waals surface area contributed by atoms with Gasteiger partial charge in [-0.25, -0.2) is 9.59 Å². The zero-order valence-electron chi connectivity index (χ0n) is 14.6. The van der Waals surface area contributed by atoms with Gasteiger partial charge in [0.1, 0.15) is 10.7 Å². The van der Waals surface area contributed by atoms with Gasteiger partial charge in [0, 0.05) is 11.1 Å². The standard InChI is InChI=1S/C18H20N2O5S/c1-10-5-6-11-13(8-10)26-16(15(11)18(23)24-2)20-14(21)9-25-17(22)12-4-3-7-19-12/h3-4,7,10,19H,5-6,8-9H2,1-2H3,(H,20,21)/t10-/m0/s1. The lowest BCUT2D eigenvalue weighted by atomic mass is 9.88. The maximum atomic E-state index is 12.2. The number of carbonyl (C=O) groups is 3. The van der Waals surface area contributed by atoms with Gasteiger partial charge in [0.25, 0.3) is 5.91 Å². The van der Waals surface area contributed by atoms with E-state index in [9.17, 15) is 14.4 Å². The number of aromatic amines is 1. The number of amides is 1. The van der Waals surface area contributed by atoms with Gasteiger partial charge in [-0.05, 0) is 42.9 Å². The molecule has 0 fully saturated rings. The number of fused-ring (bicyclic) bond motifs is 1. The number of rotatable bonds is 5. The number of thiophene rings is 1. The Morgan fingerprint density at radius 2 is 2.15 bits per heavy atom. The van der Waals surface area contributed by atoms with Crippen molar-refractivity contribution in [2.75, 3.05) is 19.0 Å². The van der Waals surface area contributed by atoms with Crippen molar-refractivity contribution >= 4 is 34.2 Å². The van der Waals surface area contributed by atoms with Crippen molar-refractivity contribution in [2.45, 2.75) is 26.2 Å². The third-order valence-electron chi connectivity index (χ3n) is 4.31. The van der Waals surface area contributed by atoms with E-state index in [0.717, 1.165) is 29.7 Å². The van der Waals surface area contributed by atoms with Crippen molar-refractivity contribution in [1.82, 2.24) is 4.98 Å². The molecule has 1 amide bonds. The van der Waals surface area contributed by atoms with Crippen molar-refractivity contribution in [3.63, 3.8) is 0 Å². The van der Waals surface area contributed by atoms with Gasteiger partial charge < -0.3 is 19.8 Å². The number of aromatic nitrogens is 1. The lowest BCUT2D eigenvalue weighted by Crippen LogP contribution is -2.22. The largest absolute Gasteiger partial charge is 0.465 e. The molecule has 0 saturated heterocycles. The molecule has 1 aliphatic rings. The summed E-state index contributed by atoms with van der Waals surface area (Å²) in [7, 11) is 1.32. The van der Waals surface area contributed by atoms with Gasteiger partial charge in [-0.3, -0.25) is 4.79 Å². The average Bonchev–Trinajstić information content (AvgIpc) is 3.26. The molecule has 138 valence electrons. The number of esters is 2. The number of anilines is 1. The first kappa shape index (κ1) is 18.2. The quantitative estimate of drug-likeness (QED) is 0.782. The van der Waals surface area contributed by atoms with E-state index in [0.29, 0.717) is 16.5 Å². The zero-order valence-corrected chi connectivity index (χ0v) is 15.4. The lowest BCUT2D eigenvalue weighted by molar-refractivity contribution is -0.119. The van der Waals surface area contributed by atoms with Gasteiger partial charge in [0.2, 0.25) is 0 Å². The molecule has 2 N–H and O–H groups in total. The highest BCUT2D eigenvalue weighted by molar-refractivity contribution is 7.17. The maximum absolute atomic E-state index is 12.2. The normalized spacial score (nSPS) is 15.8. The third kappa shape index (κ3) is 3.80. The minimum absolute atomic E-state index is 0.272. The van der Waals surface area contributed by atoms with Crippen LogP contribution >= 0.6 is 11.3 Å². The van der Waals surface area contributed by atoms with Crippen LogP contribution < -0.4 is 5.32 Å². The fourth-order valence-electron chi connectivity index (χ4n) is 2.99. The Balaban J connectivity index is 1.71. The van der Waals surface area contributed by atoms with E-state index < -0.39 is 24.5 Å². The number of ether oxygens (including phenoxy) is 2. The predicted octanol–water partition coefficient (Wildman–Crippen LogP) is 2.78. The molecule has 0 bridgehead atoms. The van der Waals surface area contributed by atoms with Crippen LogP contribution in [0, 0.1) is 5.92 Å². The first-order valence-electron chi connectivity index (χ1n) is 8.32. The Bertz CT molecular complexity index is 825. The monoisotopic (exact) mass is 376 g/mol. The van der Waals surface area contributed by atoms with Crippen LogP contribution in [-0.2, 0) is 27.1 Å². The van der Waals surface area contributed by atoms with Gasteiger partial charge in [0.15, 0.2) is 6.61 Å². The Kier molecular flexibility index (Phi) is 5.41. The van der Waals surface area contributed by atoms with E-state index in [1.54, 1.807) is 18.3 Å². The predicted molar refractivity (Wildman–Crippen MR) is 96.6 cm³/mol. The summed E-state index contributed by atoms with van der Waals surface area (Å²) in [6.45, 7) is 1.73. The molecule has 2 heterocycles. The Morgan fingerprint density at radius 3 is 2.85 bits per heavy atom. The van der Waals surface area contributed by atoms with Crippen molar-refractivity contribution in [1.29, 1.82) is 0 Å². The fourth-order valence-corrected chi connectivity index (χ4v) is 4.40. The van der Waals surface area contributed by atoms with Crippen LogP contribution in [-0.4, -0.2) is 36.5 Å². The Morgan fingerprint density at radius 1 is 1.35 bits per heavy atom. The molecule has 26 heavy (non-hydrogen) atoms. The SMILES string of the molecule is COC(=O)c1c(NC(=O)COC(=O)c2ccc[nH]2)sc2c1CC[C@H](C)C2. The molecule has 0 spiro atoms. The zero-order chi connectivity index (χ0) is 18.7. The fraction of sp³-hybridized carbons (Fsp3) is 0.389. The number of hydrogen-bond acceptors (Lipinski definition) is 6. The highest BCUT2D eigenvalue weighted by Gasteiger charge is 2.29. The first-order chi connectivity index (χ1) is 12.5. The molecule has 1 atom stereocenters. The third-order valence-corrected chi connectivity index (χ3v) is 5.48. The molecular weight excluding hydrogens is 356 g/mol. The molecular formula is C18H20N2O5S. The Labute approximate surface area is 154 Å². The van der Waals surface area contributed by atoms with Crippen molar-refractivity contribution in [3.05, 3.63) is 40.0 Å². The highest BCUT2D eigenvalue weighted by Crippen LogP contribution is 2.39. The molecule has 0 aliphatic heterocycles. The summed E-state index contributed by atoms with van der Waals surface area (Å²) in [6, 6.07) is 3.22. The van der Waals surface area contributed by atoms with E-state index in [-0.39, 0.29) is 5.69 Å². The van der Waals surface area contributed by atoms with Gasteiger partial charge in [-0.15, -0.1) is 11.3 Å². The minimum Gasteiger partial charge on any atom is -0.465 e. The van der Waals surface area contributed by atoms with E-state index in [1.165, 1.54) is 18.4 Å². The molecule has 8 heteroatoms. The number of hydrogen-bond donors (Lipinski definition) is 2. The molecule has 2 aromatic rings. The molecule has 3 rings (SSSR count). The smallest absolute Gasteiger partial charge is 0.355 e. The highest BCUT2D eigenvalue weighted by atomic mass is 32.1. The second-order valence-electron chi connectivity index (χ2n) is 6.26. The van der Waals surface area contributed by atoms with Crippen LogP contribution in [0.1, 0.15) is 44.6 Å². The van der Waals surface area contributed by atoms with Crippen LogP contribution in [0.5, 0.6) is 0 Å².